The van der Waals surface area contributed by atoms with Gasteiger partial charge in [-0.15, -0.1) is 0 Å². The third-order valence-electron chi connectivity index (χ3n) is 5.27. The van der Waals surface area contributed by atoms with Gasteiger partial charge in [-0.1, -0.05) is 0 Å². The van der Waals surface area contributed by atoms with Gasteiger partial charge in [-0.3, -0.25) is 30.3 Å². The van der Waals surface area contributed by atoms with Crippen molar-refractivity contribution in [3.05, 3.63) is 67.8 Å². The second-order valence-electron chi connectivity index (χ2n) is 7.34. The summed E-state index contributed by atoms with van der Waals surface area (Å²) in [5, 5.41) is 25.0. The van der Waals surface area contributed by atoms with E-state index in [0.717, 1.165) is 18.2 Å². The van der Waals surface area contributed by atoms with Crippen LogP contribution in [-0.4, -0.2) is 59.1 Å². The van der Waals surface area contributed by atoms with E-state index in [-0.39, 0.29) is 48.3 Å². The van der Waals surface area contributed by atoms with E-state index in [1.165, 1.54) is 19.2 Å². The number of rotatable bonds is 5. The summed E-state index contributed by atoms with van der Waals surface area (Å²) in [5.41, 5.74) is -2.14. The highest BCUT2D eigenvalue weighted by atomic mass is 32.1. The molecule has 35 heavy (non-hydrogen) atoms. The third-order valence-corrected chi connectivity index (χ3v) is 5.63. The Morgan fingerprint density at radius 3 is 2.20 bits per heavy atom. The third kappa shape index (κ3) is 5.74. The van der Waals surface area contributed by atoms with E-state index in [4.69, 9.17) is 17.0 Å². The Bertz CT molecular complexity index is 1180. The largest absolute Gasteiger partial charge is 0.490 e. The SMILES string of the molecule is COc1ccc(C(=O)NC(=S)N2CCN(c3ccc(C(F)(F)F)cc3[N+](=O)[O-])CC2)cc1[N+](=O)[O-]. The summed E-state index contributed by atoms with van der Waals surface area (Å²) in [6.45, 7) is 0.826. The first-order chi connectivity index (χ1) is 16.4. The van der Waals surface area contributed by atoms with E-state index in [1.807, 2.05) is 0 Å². The van der Waals surface area contributed by atoms with Crippen molar-refractivity contribution in [1.82, 2.24) is 10.2 Å². The fourth-order valence-electron chi connectivity index (χ4n) is 3.49. The average molecular weight is 513 g/mol. The van der Waals surface area contributed by atoms with Crippen LogP contribution in [0.1, 0.15) is 15.9 Å². The monoisotopic (exact) mass is 513 g/mol. The van der Waals surface area contributed by atoms with Crippen LogP contribution in [0.25, 0.3) is 0 Å². The van der Waals surface area contributed by atoms with Crippen LogP contribution in [0.3, 0.4) is 0 Å². The van der Waals surface area contributed by atoms with Crippen LogP contribution >= 0.6 is 12.2 Å². The summed E-state index contributed by atoms with van der Waals surface area (Å²) in [4.78, 5) is 36.7. The van der Waals surface area contributed by atoms with Crippen molar-refractivity contribution in [2.45, 2.75) is 6.18 Å². The van der Waals surface area contributed by atoms with Gasteiger partial charge in [0.1, 0.15) is 5.69 Å². The minimum Gasteiger partial charge on any atom is -0.490 e. The maximum Gasteiger partial charge on any atom is 0.416 e. The van der Waals surface area contributed by atoms with Crippen LogP contribution in [0.2, 0.25) is 0 Å². The predicted octanol–water partition coefficient (Wildman–Crippen LogP) is 3.37. The zero-order valence-corrected chi connectivity index (χ0v) is 18.9. The van der Waals surface area contributed by atoms with Gasteiger partial charge in [0.15, 0.2) is 10.9 Å². The van der Waals surface area contributed by atoms with Gasteiger partial charge in [0.25, 0.3) is 11.6 Å². The Hall–Kier alpha value is -4.01. The molecular weight excluding hydrogens is 495 g/mol. The van der Waals surface area contributed by atoms with Gasteiger partial charge < -0.3 is 14.5 Å². The molecule has 0 saturated carbocycles. The molecule has 0 aliphatic carbocycles. The van der Waals surface area contributed by atoms with Crippen molar-refractivity contribution in [3.63, 3.8) is 0 Å². The van der Waals surface area contributed by atoms with Crippen molar-refractivity contribution < 1.29 is 32.5 Å². The number of piperazine rings is 1. The topological polar surface area (TPSA) is 131 Å². The van der Waals surface area contributed by atoms with E-state index >= 15 is 0 Å². The second kappa shape index (κ2) is 10.1. The lowest BCUT2D eigenvalue weighted by molar-refractivity contribution is -0.385. The van der Waals surface area contributed by atoms with Crippen molar-refractivity contribution in [2.24, 2.45) is 0 Å². The van der Waals surface area contributed by atoms with Crippen molar-refractivity contribution in [2.75, 3.05) is 38.2 Å². The van der Waals surface area contributed by atoms with Gasteiger partial charge in [-0.25, -0.2) is 0 Å². The zero-order chi connectivity index (χ0) is 25.9. The number of halogens is 3. The van der Waals surface area contributed by atoms with Crippen LogP contribution in [0.4, 0.5) is 30.2 Å². The number of hydrogen-bond acceptors (Lipinski definition) is 8. The van der Waals surface area contributed by atoms with Gasteiger partial charge in [-0.2, -0.15) is 13.2 Å². The number of alkyl halides is 3. The number of nitro benzene ring substituents is 2. The summed E-state index contributed by atoms with van der Waals surface area (Å²) >= 11 is 5.25. The molecule has 0 bridgehead atoms. The number of amides is 1. The van der Waals surface area contributed by atoms with Gasteiger partial charge in [0.2, 0.25) is 0 Å². The number of hydrogen-bond donors (Lipinski definition) is 1. The smallest absolute Gasteiger partial charge is 0.416 e. The molecule has 1 saturated heterocycles. The Kier molecular flexibility index (Phi) is 7.38. The molecule has 186 valence electrons. The molecule has 3 rings (SSSR count). The Labute approximate surface area is 201 Å². The van der Waals surface area contributed by atoms with E-state index in [1.54, 1.807) is 9.80 Å². The van der Waals surface area contributed by atoms with Crippen LogP contribution in [0.5, 0.6) is 5.75 Å². The summed E-state index contributed by atoms with van der Waals surface area (Å²) in [6, 6.07) is 6.03. The van der Waals surface area contributed by atoms with Crippen molar-refractivity contribution >= 4 is 40.3 Å². The molecule has 2 aromatic rings. The Morgan fingerprint density at radius 2 is 1.66 bits per heavy atom. The van der Waals surface area contributed by atoms with E-state index < -0.39 is 38.9 Å². The summed E-state index contributed by atoms with van der Waals surface area (Å²) in [5.74, 6) is -0.691. The number of carbonyl (C=O) groups excluding carboxylic acids is 1. The summed E-state index contributed by atoms with van der Waals surface area (Å²) in [7, 11) is 1.26. The molecule has 0 radical (unpaired) electrons. The molecule has 1 amide bonds. The molecule has 1 fully saturated rings. The molecule has 0 atom stereocenters. The fourth-order valence-corrected chi connectivity index (χ4v) is 3.76. The molecule has 1 heterocycles. The number of benzene rings is 2. The second-order valence-corrected chi connectivity index (χ2v) is 7.72. The lowest BCUT2D eigenvalue weighted by atomic mass is 10.1. The average Bonchev–Trinajstić information content (AvgIpc) is 2.82. The number of methoxy groups -OCH3 is 1. The Morgan fingerprint density at radius 1 is 1.03 bits per heavy atom. The lowest BCUT2D eigenvalue weighted by Gasteiger charge is -2.37. The number of anilines is 1. The molecule has 2 aromatic carbocycles. The standard InChI is InChI=1S/C20H18F3N5O6S/c1-34-17-5-2-12(10-16(17)28(32)33)18(29)24-19(35)26-8-6-25(7-9-26)14-4-3-13(20(21,22)23)11-15(14)27(30)31/h2-5,10-11H,6-9H2,1H3,(H,24,29,35). The van der Waals surface area contributed by atoms with Crippen LogP contribution < -0.4 is 15.0 Å². The highest BCUT2D eigenvalue weighted by Crippen LogP contribution is 2.36. The maximum absolute atomic E-state index is 12.9. The molecular formula is C20H18F3N5O6S. The van der Waals surface area contributed by atoms with Gasteiger partial charge in [0, 0.05) is 43.9 Å². The first-order valence-corrected chi connectivity index (χ1v) is 10.4. The number of thiocarbonyl (C=S) groups is 1. The number of ether oxygens (including phenoxy) is 1. The Balaban J connectivity index is 1.67. The molecule has 0 aromatic heterocycles. The van der Waals surface area contributed by atoms with Gasteiger partial charge in [-0.05, 0) is 36.5 Å². The van der Waals surface area contributed by atoms with Gasteiger partial charge in [0.05, 0.1) is 22.5 Å². The maximum atomic E-state index is 12.9. The minimum atomic E-state index is -4.71. The normalized spacial score (nSPS) is 13.8. The van der Waals surface area contributed by atoms with E-state index in [9.17, 15) is 38.2 Å². The molecule has 1 aliphatic rings. The predicted molar refractivity (Wildman–Crippen MR) is 122 cm³/mol. The van der Waals surface area contributed by atoms with Gasteiger partial charge >= 0.3 is 11.9 Å². The lowest BCUT2D eigenvalue weighted by Crippen LogP contribution is -2.52. The first-order valence-electron chi connectivity index (χ1n) is 9.95. The highest BCUT2D eigenvalue weighted by molar-refractivity contribution is 7.80. The van der Waals surface area contributed by atoms with Crippen molar-refractivity contribution in [3.8, 4) is 5.75 Å². The van der Waals surface area contributed by atoms with E-state index in [2.05, 4.69) is 5.32 Å². The van der Waals surface area contributed by atoms with Crippen LogP contribution in [0.15, 0.2) is 36.4 Å². The molecule has 15 heteroatoms. The summed E-state index contributed by atoms with van der Waals surface area (Å²) in [6.07, 6.45) is -4.71. The van der Waals surface area contributed by atoms with Crippen LogP contribution in [-0.2, 0) is 6.18 Å². The number of carbonyl (C=O) groups is 1. The first kappa shape index (κ1) is 25.6. The molecule has 1 aliphatic heterocycles. The zero-order valence-electron chi connectivity index (χ0n) is 18.1. The summed E-state index contributed by atoms with van der Waals surface area (Å²) < 4.78 is 43.7. The molecule has 0 unspecified atom stereocenters. The number of nitrogens with zero attached hydrogens (tertiary/aromatic N) is 4. The molecule has 1 N–H and O–H groups in total. The van der Waals surface area contributed by atoms with Crippen LogP contribution in [0, 0.1) is 20.2 Å². The number of nitrogens with one attached hydrogen (secondary N) is 1. The minimum absolute atomic E-state index is 0.0115. The molecule has 0 spiro atoms. The molecule has 11 nitrogen and oxygen atoms in total. The fraction of sp³-hybridized carbons (Fsp3) is 0.300. The quantitative estimate of drug-likeness (QED) is 0.363. The number of nitro groups is 2. The van der Waals surface area contributed by atoms with Crippen molar-refractivity contribution in [1.29, 1.82) is 0 Å². The highest BCUT2D eigenvalue weighted by Gasteiger charge is 2.34. The van der Waals surface area contributed by atoms with E-state index in [0.29, 0.717) is 6.07 Å².